The molecule has 2 aliphatic carbocycles. The number of fused-ring (bicyclic) bond motifs is 2. The summed E-state index contributed by atoms with van der Waals surface area (Å²) in [5.41, 5.74) is -1.49. The maximum Gasteiger partial charge on any atom is 0.306 e. The summed E-state index contributed by atoms with van der Waals surface area (Å²) < 4.78 is 12.7. The fourth-order valence-electron chi connectivity index (χ4n) is 12.8. The van der Waals surface area contributed by atoms with Gasteiger partial charge in [-0.05, 0) is 80.5 Å². The Morgan fingerprint density at radius 1 is 0.397 bits per heavy atom. The molecule has 6 heteroatoms. The molecule has 63 heavy (non-hydrogen) atoms. The van der Waals surface area contributed by atoms with Crippen LogP contribution in [0.5, 0.6) is 0 Å². The Hall–Kier alpha value is -1.14. The summed E-state index contributed by atoms with van der Waals surface area (Å²) in [6.07, 6.45) is 45.1. The number of esters is 2. The predicted octanol–water partition coefficient (Wildman–Crippen LogP) is 16.6. The van der Waals surface area contributed by atoms with Gasteiger partial charge in [-0.1, -0.05) is 221 Å². The van der Waals surface area contributed by atoms with Gasteiger partial charge in [0.15, 0.2) is 0 Å². The summed E-state index contributed by atoms with van der Waals surface area (Å²) in [5, 5.41) is 21.9. The number of carbonyl (C=O) groups excluding carboxylic acids is 2. The highest BCUT2D eigenvalue weighted by molar-refractivity contribution is 5.70. The number of hydrogen-bond acceptors (Lipinski definition) is 6. The standard InChI is InChI=1S/C57H108O6/c1-7-11-15-19-23-27-31-35-50(36-32-28-24-20-16-12-8-2)39-52(60)62-48-55(6)43-56(47-59)41-54(5,46-58)42-57(44-55,45-56)49-63-53(61)40-51(37-33-29-25-21-17-13-9-3)38-34-30-26-22-18-14-10-4/h50-51,58-59H,7-49H2,1-6H3. The molecular weight excluding hydrogens is 781 g/mol. The molecule has 0 aromatic heterocycles. The van der Waals surface area contributed by atoms with Crippen molar-refractivity contribution in [2.45, 2.75) is 292 Å². The SMILES string of the molecule is CCCCCCCCCC(CCCCCCCCC)CC(=O)OCC1(C)CC2(CO)CC(C)(CO)CC(COC(=O)CC(CCCCCCCCC)CCCCCCCCC)(C1)C2. The Balaban J connectivity index is 2.09. The van der Waals surface area contributed by atoms with E-state index in [0.29, 0.717) is 37.9 Å². The molecule has 0 aromatic rings. The van der Waals surface area contributed by atoms with Crippen LogP contribution in [-0.2, 0) is 19.1 Å². The van der Waals surface area contributed by atoms with Crippen LogP contribution in [0.4, 0.5) is 0 Å². The Morgan fingerprint density at radius 2 is 0.698 bits per heavy atom. The van der Waals surface area contributed by atoms with Gasteiger partial charge in [-0.2, -0.15) is 0 Å². The normalized spacial score (nSPS) is 23.5. The van der Waals surface area contributed by atoms with Crippen LogP contribution in [-0.4, -0.2) is 48.6 Å². The zero-order valence-electron chi connectivity index (χ0n) is 43.1. The molecule has 6 nitrogen and oxygen atoms in total. The third-order valence-electron chi connectivity index (χ3n) is 15.6. The molecule has 4 atom stereocenters. The lowest BCUT2D eigenvalue weighted by Crippen LogP contribution is -2.57. The summed E-state index contributed by atoms with van der Waals surface area (Å²) >= 11 is 0. The lowest BCUT2D eigenvalue weighted by atomic mass is 9.44. The average Bonchev–Trinajstić information content (AvgIpc) is 3.25. The number of aliphatic hydroxyl groups excluding tert-OH is 2. The Morgan fingerprint density at radius 3 is 1.05 bits per heavy atom. The van der Waals surface area contributed by atoms with E-state index >= 15 is 0 Å². The van der Waals surface area contributed by atoms with E-state index in [1.165, 1.54) is 180 Å². The van der Waals surface area contributed by atoms with Crippen molar-refractivity contribution in [3.63, 3.8) is 0 Å². The number of unbranched alkanes of at least 4 members (excludes halogenated alkanes) is 24. The molecule has 2 bridgehead atoms. The number of ether oxygens (including phenoxy) is 2. The average molecular weight is 889 g/mol. The predicted molar refractivity (Wildman–Crippen MR) is 267 cm³/mol. The first kappa shape index (κ1) is 58.0. The van der Waals surface area contributed by atoms with Crippen LogP contribution in [0.15, 0.2) is 0 Å². The zero-order valence-corrected chi connectivity index (χ0v) is 43.1. The van der Waals surface area contributed by atoms with Crippen LogP contribution < -0.4 is 0 Å². The molecule has 2 fully saturated rings. The van der Waals surface area contributed by atoms with Gasteiger partial charge < -0.3 is 19.7 Å². The van der Waals surface area contributed by atoms with Crippen molar-refractivity contribution >= 4 is 11.9 Å². The first-order valence-corrected chi connectivity index (χ1v) is 28.0. The van der Waals surface area contributed by atoms with Crippen LogP contribution in [0.2, 0.25) is 0 Å². The van der Waals surface area contributed by atoms with Gasteiger partial charge in [0.05, 0.1) is 13.2 Å². The third kappa shape index (κ3) is 25.5. The summed E-state index contributed by atoms with van der Waals surface area (Å²) in [6, 6.07) is 0. The highest BCUT2D eigenvalue weighted by Crippen LogP contribution is 2.65. The van der Waals surface area contributed by atoms with Crippen LogP contribution in [0.3, 0.4) is 0 Å². The van der Waals surface area contributed by atoms with Crippen molar-refractivity contribution in [1.82, 2.24) is 0 Å². The Bertz CT molecular complexity index is 1100. The van der Waals surface area contributed by atoms with Crippen molar-refractivity contribution in [2.24, 2.45) is 33.5 Å². The molecule has 4 unspecified atom stereocenters. The molecule has 0 amide bonds. The van der Waals surface area contributed by atoms with Gasteiger partial charge >= 0.3 is 11.9 Å². The van der Waals surface area contributed by atoms with Gasteiger partial charge in [0.2, 0.25) is 0 Å². The van der Waals surface area contributed by atoms with Crippen molar-refractivity contribution in [2.75, 3.05) is 26.4 Å². The van der Waals surface area contributed by atoms with Gasteiger partial charge in [0.1, 0.15) is 0 Å². The van der Waals surface area contributed by atoms with E-state index < -0.39 is 5.41 Å². The number of hydrogen-bond donors (Lipinski definition) is 2. The summed E-state index contributed by atoms with van der Waals surface area (Å²) in [6.45, 7) is 14.2. The van der Waals surface area contributed by atoms with Gasteiger partial charge in [-0.15, -0.1) is 0 Å². The molecule has 2 N–H and O–H groups in total. The number of carbonyl (C=O) groups is 2. The fourth-order valence-corrected chi connectivity index (χ4v) is 12.8. The molecule has 2 saturated carbocycles. The van der Waals surface area contributed by atoms with E-state index in [9.17, 15) is 19.8 Å². The molecule has 0 saturated heterocycles. The quantitative estimate of drug-likeness (QED) is 0.0468. The lowest BCUT2D eigenvalue weighted by molar-refractivity contribution is -0.187. The van der Waals surface area contributed by atoms with Gasteiger partial charge in [-0.25, -0.2) is 0 Å². The summed E-state index contributed by atoms with van der Waals surface area (Å²) in [4.78, 5) is 27.6. The van der Waals surface area contributed by atoms with E-state index in [1.54, 1.807) is 0 Å². The highest BCUT2D eigenvalue weighted by atomic mass is 16.5. The first-order valence-electron chi connectivity index (χ1n) is 28.0. The van der Waals surface area contributed by atoms with Crippen LogP contribution in [0.25, 0.3) is 0 Å². The van der Waals surface area contributed by atoms with Crippen molar-refractivity contribution < 1.29 is 29.3 Å². The van der Waals surface area contributed by atoms with E-state index in [2.05, 4.69) is 41.5 Å². The monoisotopic (exact) mass is 889 g/mol. The minimum atomic E-state index is -0.408. The van der Waals surface area contributed by atoms with Gasteiger partial charge in [-0.3, -0.25) is 9.59 Å². The number of aliphatic hydroxyl groups is 2. The smallest absolute Gasteiger partial charge is 0.306 e. The zero-order chi connectivity index (χ0) is 46.1. The molecule has 372 valence electrons. The maximum atomic E-state index is 13.8. The Labute approximate surface area is 391 Å². The number of rotatable bonds is 42. The van der Waals surface area contributed by atoms with Crippen molar-refractivity contribution in [1.29, 1.82) is 0 Å². The minimum Gasteiger partial charge on any atom is -0.465 e. The van der Waals surface area contributed by atoms with Crippen molar-refractivity contribution in [3.05, 3.63) is 0 Å². The molecule has 0 aliphatic heterocycles. The van der Waals surface area contributed by atoms with Crippen molar-refractivity contribution in [3.8, 4) is 0 Å². The molecule has 2 aliphatic rings. The molecule has 0 radical (unpaired) electrons. The topological polar surface area (TPSA) is 93.1 Å². The summed E-state index contributed by atoms with van der Waals surface area (Å²) in [5.74, 6) is 0.582. The lowest BCUT2D eigenvalue weighted by Gasteiger charge is -2.62. The minimum absolute atomic E-state index is 0.0275. The maximum absolute atomic E-state index is 13.8. The van der Waals surface area contributed by atoms with E-state index in [4.69, 9.17) is 9.47 Å². The second-order valence-corrected chi connectivity index (χ2v) is 22.9. The molecular formula is C57H108O6. The van der Waals surface area contributed by atoms with Crippen LogP contribution in [0.1, 0.15) is 292 Å². The molecule has 2 rings (SSSR count). The van der Waals surface area contributed by atoms with Gasteiger partial charge in [0, 0.05) is 36.9 Å². The third-order valence-corrected chi connectivity index (χ3v) is 15.6. The van der Waals surface area contributed by atoms with Crippen LogP contribution in [0, 0.1) is 33.5 Å². The van der Waals surface area contributed by atoms with E-state index in [0.717, 1.165) is 57.8 Å². The van der Waals surface area contributed by atoms with E-state index in [-0.39, 0.29) is 41.4 Å². The van der Waals surface area contributed by atoms with Gasteiger partial charge in [0.25, 0.3) is 0 Å². The molecule has 0 spiro atoms. The molecule has 0 aromatic carbocycles. The second-order valence-electron chi connectivity index (χ2n) is 22.9. The first-order chi connectivity index (χ1) is 30.4. The highest BCUT2D eigenvalue weighted by Gasteiger charge is 2.60. The second kappa shape index (κ2) is 34.2. The van der Waals surface area contributed by atoms with Crippen LogP contribution >= 0.6 is 0 Å². The largest absolute Gasteiger partial charge is 0.465 e. The Kier molecular flexibility index (Phi) is 31.5. The fraction of sp³-hybridized carbons (Fsp3) is 0.965. The summed E-state index contributed by atoms with van der Waals surface area (Å²) in [7, 11) is 0. The molecule has 0 heterocycles. The van der Waals surface area contributed by atoms with E-state index in [1.807, 2.05) is 0 Å².